The van der Waals surface area contributed by atoms with Crippen molar-refractivity contribution in [3.05, 3.63) is 53.0 Å². The Morgan fingerprint density at radius 2 is 2.03 bits per heavy atom. The van der Waals surface area contributed by atoms with E-state index in [9.17, 15) is 13.6 Å². The van der Waals surface area contributed by atoms with Crippen LogP contribution in [0.3, 0.4) is 0 Å². The Morgan fingerprint density at radius 3 is 2.79 bits per heavy atom. The molecule has 1 aromatic carbocycles. The molecule has 5 heterocycles. The summed E-state index contributed by atoms with van der Waals surface area (Å²) in [6, 6.07) is 4.20. The highest BCUT2D eigenvalue weighted by Crippen LogP contribution is 2.35. The number of nitrogens with zero attached hydrogens (tertiary/aromatic N) is 6. The molecule has 0 amide bonds. The van der Waals surface area contributed by atoms with Crippen molar-refractivity contribution in [2.24, 2.45) is 0 Å². The van der Waals surface area contributed by atoms with Crippen LogP contribution in [0.4, 0.5) is 14.6 Å². The van der Waals surface area contributed by atoms with Crippen LogP contribution in [0.1, 0.15) is 25.8 Å². The third-order valence-corrected chi connectivity index (χ3v) is 6.49. The second-order valence-corrected chi connectivity index (χ2v) is 8.83. The lowest BCUT2D eigenvalue weighted by atomic mass is 9.96. The molecule has 2 aliphatic rings. The molecule has 176 valence electrons. The summed E-state index contributed by atoms with van der Waals surface area (Å²) in [4.78, 5) is 31.4. The Bertz CT molecular complexity index is 1480. The molecule has 0 saturated carbocycles. The van der Waals surface area contributed by atoms with Crippen LogP contribution in [0.2, 0.25) is 0 Å². The highest BCUT2D eigenvalue weighted by atomic mass is 19.1. The lowest BCUT2D eigenvalue weighted by Crippen LogP contribution is -2.58. The summed E-state index contributed by atoms with van der Waals surface area (Å²) in [5, 5.41) is 0. The van der Waals surface area contributed by atoms with Crippen molar-refractivity contribution in [2.45, 2.75) is 31.5 Å². The molecule has 6 rings (SSSR count). The zero-order valence-corrected chi connectivity index (χ0v) is 18.5. The molecule has 2 aliphatic heterocycles. The van der Waals surface area contributed by atoms with E-state index in [0.29, 0.717) is 54.1 Å². The number of alkyl halides is 1. The van der Waals surface area contributed by atoms with Gasteiger partial charge in [-0.25, -0.2) is 18.6 Å². The Hall–Kier alpha value is -3.60. The molecule has 11 heteroatoms. The Labute approximate surface area is 192 Å². The fourth-order valence-corrected chi connectivity index (χ4v) is 4.88. The first-order chi connectivity index (χ1) is 16.5. The molecule has 0 spiro atoms. The fourth-order valence-electron chi connectivity index (χ4n) is 4.88. The van der Waals surface area contributed by atoms with E-state index in [1.165, 1.54) is 24.5 Å². The summed E-state index contributed by atoms with van der Waals surface area (Å²) in [7, 11) is 0. The van der Waals surface area contributed by atoms with E-state index in [1.807, 2.05) is 0 Å². The molecule has 0 atom stereocenters. The zero-order valence-electron chi connectivity index (χ0n) is 18.5. The first-order valence-corrected chi connectivity index (χ1v) is 11.3. The average molecular weight is 467 g/mol. The van der Waals surface area contributed by atoms with Crippen molar-refractivity contribution >= 4 is 28.0 Å². The number of rotatable bonds is 4. The summed E-state index contributed by atoms with van der Waals surface area (Å²) < 4.78 is 37.6. The Morgan fingerprint density at radius 1 is 1.24 bits per heavy atom. The van der Waals surface area contributed by atoms with Crippen LogP contribution in [0.15, 0.2) is 41.5 Å². The van der Waals surface area contributed by atoms with Gasteiger partial charge in [0, 0.05) is 25.3 Å². The van der Waals surface area contributed by atoms with Crippen molar-refractivity contribution in [3.63, 3.8) is 0 Å². The standard InChI is InChI=1S/C23H23F2N7O2/c1-2-7-23(25)11-30(12-23)19-18-20(32(22(33)27-18)15-5-8-34-9-6-15)29-21(28-19)31-13-26-16-4-3-14(24)10-17(16)31/h2-4,7,10,13,15H,5-6,8-9,11-12H2,1H3,(H,27,33). The van der Waals surface area contributed by atoms with E-state index in [2.05, 4.69) is 15.0 Å². The van der Waals surface area contributed by atoms with Gasteiger partial charge in [0.1, 0.15) is 17.7 Å². The third-order valence-electron chi connectivity index (χ3n) is 6.49. The summed E-state index contributed by atoms with van der Waals surface area (Å²) in [6.07, 6.45) is 6.10. The average Bonchev–Trinajstić information content (AvgIpc) is 3.37. The summed E-state index contributed by atoms with van der Waals surface area (Å²) >= 11 is 0. The largest absolute Gasteiger partial charge is 0.381 e. The number of ether oxygens (including phenoxy) is 1. The van der Waals surface area contributed by atoms with Crippen molar-refractivity contribution in [3.8, 4) is 5.95 Å². The molecule has 9 nitrogen and oxygen atoms in total. The number of anilines is 1. The van der Waals surface area contributed by atoms with Gasteiger partial charge in [-0.05, 0) is 38.0 Å². The van der Waals surface area contributed by atoms with Crippen molar-refractivity contribution in [2.75, 3.05) is 31.2 Å². The SMILES string of the molecule is CC=CC1(F)CN(c2nc(-n3cnc4ccc(F)cc43)nc3c2[nH]c(=O)n3C2CCOCC2)C1. The van der Waals surface area contributed by atoms with Crippen LogP contribution in [0.25, 0.3) is 28.1 Å². The van der Waals surface area contributed by atoms with Gasteiger partial charge in [-0.3, -0.25) is 9.13 Å². The highest BCUT2D eigenvalue weighted by molar-refractivity contribution is 5.86. The van der Waals surface area contributed by atoms with E-state index in [1.54, 1.807) is 33.1 Å². The Balaban J connectivity index is 1.55. The molecule has 4 aromatic rings. The second kappa shape index (κ2) is 7.73. The number of hydrogen-bond acceptors (Lipinski definition) is 6. The number of imidazole rings is 2. The number of aromatic nitrogens is 6. The van der Waals surface area contributed by atoms with Gasteiger partial charge >= 0.3 is 5.69 Å². The normalized spacial score (nSPS) is 18.9. The van der Waals surface area contributed by atoms with E-state index >= 15 is 0 Å². The molecule has 34 heavy (non-hydrogen) atoms. The van der Waals surface area contributed by atoms with E-state index < -0.39 is 11.5 Å². The predicted octanol–water partition coefficient (Wildman–Crippen LogP) is 3.05. The van der Waals surface area contributed by atoms with Gasteiger partial charge in [0.05, 0.1) is 24.1 Å². The number of fused-ring (bicyclic) bond motifs is 2. The van der Waals surface area contributed by atoms with Gasteiger partial charge in [0.2, 0.25) is 5.95 Å². The number of nitrogens with one attached hydrogen (secondary N) is 1. The van der Waals surface area contributed by atoms with Crippen LogP contribution in [-0.4, -0.2) is 61.0 Å². The second-order valence-electron chi connectivity index (χ2n) is 8.83. The van der Waals surface area contributed by atoms with Gasteiger partial charge in [0.15, 0.2) is 17.1 Å². The number of halogens is 2. The minimum Gasteiger partial charge on any atom is -0.381 e. The maximum atomic E-state index is 14.9. The highest BCUT2D eigenvalue weighted by Gasteiger charge is 2.43. The monoisotopic (exact) mass is 467 g/mol. The van der Waals surface area contributed by atoms with Crippen molar-refractivity contribution < 1.29 is 13.5 Å². The first-order valence-electron chi connectivity index (χ1n) is 11.3. The maximum absolute atomic E-state index is 14.9. The van der Waals surface area contributed by atoms with Crippen LogP contribution < -0.4 is 10.6 Å². The van der Waals surface area contributed by atoms with Gasteiger partial charge < -0.3 is 14.6 Å². The van der Waals surface area contributed by atoms with Gasteiger partial charge in [-0.1, -0.05) is 6.08 Å². The molecular weight excluding hydrogens is 444 g/mol. The van der Waals surface area contributed by atoms with Gasteiger partial charge in [-0.15, -0.1) is 0 Å². The van der Waals surface area contributed by atoms with Crippen molar-refractivity contribution in [1.29, 1.82) is 0 Å². The van der Waals surface area contributed by atoms with E-state index in [4.69, 9.17) is 9.72 Å². The van der Waals surface area contributed by atoms with E-state index in [0.717, 1.165) is 0 Å². The first kappa shape index (κ1) is 21.0. The fraction of sp³-hybridized carbons (Fsp3) is 0.391. The van der Waals surface area contributed by atoms with Crippen LogP contribution >= 0.6 is 0 Å². The van der Waals surface area contributed by atoms with Crippen LogP contribution in [0, 0.1) is 5.82 Å². The smallest absolute Gasteiger partial charge is 0.328 e. The van der Waals surface area contributed by atoms with Gasteiger partial charge in [0.25, 0.3) is 0 Å². The summed E-state index contributed by atoms with van der Waals surface area (Å²) in [6.45, 7) is 3.10. The molecule has 2 fully saturated rings. The molecule has 0 radical (unpaired) electrons. The lowest BCUT2D eigenvalue weighted by molar-refractivity contribution is 0.0697. The van der Waals surface area contributed by atoms with Crippen LogP contribution in [0.5, 0.6) is 0 Å². The predicted molar refractivity (Wildman–Crippen MR) is 123 cm³/mol. The maximum Gasteiger partial charge on any atom is 0.328 e. The Kier molecular flexibility index (Phi) is 4.76. The van der Waals surface area contributed by atoms with E-state index in [-0.39, 0.29) is 30.8 Å². The molecular formula is C23H23F2N7O2. The topological polar surface area (TPSA) is 93.9 Å². The lowest BCUT2D eigenvalue weighted by Gasteiger charge is -2.43. The van der Waals surface area contributed by atoms with Crippen molar-refractivity contribution in [1.82, 2.24) is 29.1 Å². The number of benzene rings is 1. The third kappa shape index (κ3) is 3.30. The summed E-state index contributed by atoms with van der Waals surface area (Å²) in [5.41, 5.74) is 0.216. The molecule has 1 N–H and O–H groups in total. The number of aromatic amines is 1. The summed E-state index contributed by atoms with van der Waals surface area (Å²) in [5.74, 6) is 0.254. The molecule has 3 aromatic heterocycles. The molecule has 2 saturated heterocycles. The number of allylic oxidation sites excluding steroid dienone is 1. The van der Waals surface area contributed by atoms with Crippen LogP contribution in [-0.2, 0) is 4.74 Å². The molecule has 0 aliphatic carbocycles. The molecule has 0 bridgehead atoms. The quantitative estimate of drug-likeness (QED) is 0.464. The number of H-pyrrole nitrogens is 1. The molecule has 0 unspecified atom stereocenters. The minimum atomic E-state index is -1.46. The van der Waals surface area contributed by atoms with Gasteiger partial charge in [-0.2, -0.15) is 9.97 Å². The minimum absolute atomic E-state index is 0.0812. The zero-order chi connectivity index (χ0) is 23.4. The number of hydrogen-bond donors (Lipinski definition) is 1.